The molecule has 40 heavy (non-hydrogen) atoms. The van der Waals surface area contributed by atoms with Gasteiger partial charge in [-0.15, -0.1) is 11.3 Å². The van der Waals surface area contributed by atoms with Crippen LogP contribution in [0.1, 0.15) is 47.0 Å². The maximum atomic E-state index is 13.3. The topological polar surface area (TPSA) is 119 Å². The Bertz CT molecular complexity index is 1300. The molecule has 12 heteroatoms. The van der Waals surface area contributed by atoms with E-state index in [1.54, 1.807) is 18.0 Å². The van der Waals surface area contributed by atoms with Crippen molar-refractivity contribution in [2.75, 3.05) is 61.6 Å². The van der Waals surface area contributed by atoms with E-state index >= 15 is 0 Å². The lowest BCUT2D eigenvalue weighted by Gasteiger charge is -2.28. The molecule has 0 aliphatic carbocycles. The van der Waals surface area contributed by atoms with Crippen molar-refractivity contribution in [3.8, 4) is 11.4 Å². The van der Waals surface area contributed by atoms with E-state index in [1.165, 1.54) is 11.3 Å². The number of carbonyl (C=O) groups is 2. The highest BCUT2D eigenvalue weighted by Gasteiger charge is 2.27. The Labute approximate surface area is 238 Å². The standard InChI is InChI=1S/C28H38N6O5S/c1-6-38-23(35)9-7-8-12-34(27(36)39-28(2,3)4)22-17-20-24(40-22)26(33-13-15-37-16-14-33)32-25(31-20)19-10-11-21(29-5)30-18-19/h10-11,17-18H,6-9,12-16H2,1-5H3,(H,29,30). The minimum atomic E-state index is -0.657. The molecule has 0 bridgehead atoms. The summed E-state index contributed by atoms with van der Waals surface area (Å²) in [6, 6.07) is 5.74. The van der Waals surface area contributed by atoms with E-state index in [0.29, 0.717) is 69.5 Å². The molecule has 3 aromatic heterocycles. The van der Waals surface area contributed by atoms with Gasteiger partial charge in [-0.05, 0) is 58.7 Å². The number of nitrogens with zero attached hydrogens (tertiary/aromatic N) is 5. The summed E-state index contributed by atoms with van der Waals surface area (Å²) in [6.45, 7) is 10.7. The number of pyridine rings is 1. The number of amides is 1. The molecular formula is C28H38N6O5S. The lowest BCUT2D eigenvalue weighted by atomic mass is 10.2. The van der Waals surface area contributed by atoms with Crippen molar-refractivity contribution < 1.29 is 23.8 Å². The first-order valence-electron chi connectivity index (χ1n) is 13.6. The molecule has 1 saturated heterocycles. The average Bonchev–Trinajstić information content (AvgIpc) is 3.36. The second kappa shape index (κ2) is 13.2. The Hall–Kier alpha value is -3.51. The zero-order valence-corrected chi connectivity index (χ0v) is 24.7. The van der Waals surface area contributed by atoms with Crippen molar-refractivity contribution in [2.45, 2.75) is 52.6 Å². The number of fused-ring (bicyclic) bond motifs is 1. The lowest BCUT2D eigenvalue weighted by molar-refractivity contribution is -0.143. The molecule has 1 fully saturated rings. The monoisotopic (exact) mass is 570 g/mol. The highest BCUT2D eigenvalue weighted by molar-refractivity contribution is 7.23. The molecule has 0 unspecified atom stereocenters. The smallest absolute Gasteiger partial charge is 0.415 e. The SMILES string of the molecule is CCOC(=O)CCCCN(C(=O)OC(C)(C)C)c1cc2nc(-c3ccc(NC)nc3)nc(N3CCOCC3)c2s1. The van der Waals surface area contributed by atoms with Gasteiger partial charge in [0.2, 0.25) is 0 Å². The third kappa shape index (κ3) is 7.57. The van der Waals surface area contributed by atoms with Gasteiger partial charge in [-0.3, -0.25) is 9.69 Å². The number of hydrogen-bond donors (Lipinski definition) is 1. The predicted molar refractivity (Wildman–Crippen MR) is 157 cm³/mol. The molecule has 4 heterocycles. The van der Waals surface area contributed by atoms with Gasteiger partial charge in [0.05, 0.1) is 30.0 Å². The summed E-state index contributed by atoms with van der Waals surface area (Å²) < 4.78 is 17.3. The van der Waals surface area contributed by atoms with Gasteiger partial charge < -0.3 is 24.4 Å². The first-order chi connectivity index (χ1) is 19.2. The predicted octanol–water partition coefficient (Wildman–Crippen LogP) is 5.11. The quantitative estimate of drug-likeness (QED) is 0.260. The van der Waals surface area contributed by atoms with Gasteiger partial charge in [-0.25, -0.2) is 19.7 Å². The number of rotatable bonds is 10. The van der Waals surface area contributed by atoms with E-state index in [2.05, 4.69) is 15.2 Å². The molecule has 0 spiro atoms. The van der Waals surface area contributed by atoms with E-state index in [9.17, 15) is 9.59 Å². The number of hydrogen-bond acceptors (Lipinski definition) is 11. The van der Waals surface area contributed by atoms with Crippen molar-refractivity contribution in [3.63, 3.8) is 0 Å². The van der Waals surface area contributed by atoms with Gasteiger partial charge in [0.15, 0.2) is 11.6 Å². The number of carbonyl (C=O) groups excluding carboxylic acids is 2. The van der Waals surface area contributed by atoms with Crippen LogP contribution in [0.15, 0.2) is 24.4 Å². The highest BCUT2D eigenvalue weighted by atomic mass is 32.1. The van der Waals surface area contributed by atoms with Crippen molar-refractivity contribution >= 4 is 50.3 Å². The number of thiophene rings is 1. The minimum Gasteiger partial charge on any atom is -0.466 e. The van der Waals surface area contributed by atoms with Crippen LogP contribution >= 0.6 is 11.3 Å². The maximum Gasteiger partial charge on any atom is 0.415 e. The number of anilines is 3. The Morgan fingerprint density at radius 2 is 1.95 bits per heavy atom. The van der Waals surface area contributed by atoms with Crippen molar-refractivity contribution in [1.29, 1.82) is 0 Å². The molecule has 1 amide bonds. The number of ether oxygens (including phenoxy) is 3. The van der Waals surface area contributed by atoms with Crippen molar-refractivity contribution in [2.24, 2.45) is 0 Å². The maximum absolute atomic E-state index is 13.3. The van der Waals surface area contributed by atoms with Crippen LogP contribution < -0.4 is 15.1 Å². The van der Waals surface area contributed by atoms with Gasteiger partial charge in [0, 0.05) is 44.9 Å². The summed E-state index contributed by atoms with van der Waals surface area (Å²) >= 11 is 1.46. The van der Waals surface area contributed by atoms with Gasteiger partial charge in [0.1, 0.15) is 16.4 Å². The summed E-state index contributed by atoms with van der Waals surface area (Å²) in [6.07, 6.45) is 2.83. The van der Waals surface area contributed by atoms with Crippen LogP contribution in [0.2, 0.25) is 0 Å². The van der Waals surface area contributed by atoms with Gasteiger partial charge in [-0.1, -0.05) is 0 Å². The van der Waals surface area contributed by atoms with Crippen molar-refractivity contribution in [3.05, 3.63) is 24.4 Å². The molecule has 1 aliphatic heterocycles. The summed E-state index contributed by atoms with van der Waals surface area (Å²) in [5.41, 5.74) is 0.880. The average molecular weight is 571 g/mol. The number of nitrogens with one attached hydrogen (secondary N) is 1. The van der Waals surface area contributed by atoms with Gasteiger partial charge in [-0.2, -0.15) is 0 Å². The van der Waals surface area contributed by atoms with E-state index in [1.807, 2.05) is 46.0 Å². The molecular weight excluding hydrogens is 532 g/mol. The number of unbranched alkanes of at least 4 members (excludes halogenated alkanes) is 1. The third-order valence-corrected chi connectivity index (χ3v) is 7.27. The fraction of sp³-hybridized carbons (Fsp3) is 0.536. The Morgan fingerprint density at radius 3 is 2.60 bits per heavy atom. The van der Waals surface area contributed by atoms with Crippen LogP contribution in [0.25, 0.3) is 21.6 Å². The van der Waals surface area contributed by atoms with E-state index in [0.717, 1.165) is 27.4 Å². The summed E-state index contributed by atoms with van der Waals surface area (Å²) in [7, 11) is 1.82. The Balaban J connectivity index is 1.70. The second-order valence-electron chi connectivity index (χ2n) is 10.3. The lowest BCUT2D eigenvalue weighted by Crippen LogP contribution is -2.37. The fourth-order valence-electron chi connectivity index (χ4n) is 4.21. The van der Waals surface area contributed by atoms with Crippen molar-refractivity contribution in [1.82, 2.24) is 15.0 Å². The first-order valence-corrected chi connectivity index (χ1v) is 14.4. The molecule has 0 radical (unpaired) electrons. The molecule has 1 N–H and O–H groups in total. The van der Waals surface area contributed by atoms with E-state index in [4.69, 9.17) is 24.2 Å². The molecule has 0 aromatic carbocycles. The molecule has 11 nitrogen and oxygen atoms in total. The Morgan fingerprint density at radius 1 is 1.18 bits per heavy atom. The molecule has 0 saturated carbocycles. The first kappa shape index (κ1) is 29.5. The normalized spacial score (nSPS) is 13.8. The number of esters is 1. The summed E-state index contributed by atoms with van der Waals surface area (Å²) in [4.78, 5) is 43.2. The van der Waals surface area contributed by atoms with Crippen LogP contribution in [-0.2, 0) is 19.0 Å². The molecule has 0 atom stereocenters. The highest BCUT2D eigenvalue weighted by Crippen LogP contribution is 2.39. The summed E-state index contributed by atoms with van der Waals surface area (Å²) in [5.74, 6) is 1.89. The van der Waals surface area contributed by atoms with E-state index < -0.39 is 11.7 Å². The molecule has 4 rings (SSSR count). The van der Waals surface area contributed by atoms with E-state index in [-0.39, 0.29) is 5.97 Å². The fourth-order valence-corrected chi connectivity index (χ4v) is 5.34. The van der Waals surface area contributed by atoms with Crippen LogP contribution in [0, 0.1) is 0 Å². The van der Waals surface area contributed by atoms with Crippen LogP contribution in [0.3, 0.4) is 0 Å². The largest absolute Gasteiger partial charge is 0.466 e. The van der Waals surface area contributed by atoms with Gasteiger partial charge in [0.25, 0.3) is 0 Å². The summed E-state index contributed by atoms with van der Waals surface area (Å²) in [5, 5.41) is 3.74. The number of aromatic nitrogens is 3. The third-order valence-electron chi connectivity index (χ3n) is 6.13. The minimum absolute atomic E-state index is 0.233. The second-order valence-corrected chi connectivity index (χ2v) is 11.4. The Kier molecular flexibility index (Phi) is 9.75. The zero-order valence-electron chi connectivity index (χ0n) is 23.9. The molecule has 1 aliphatic rings. The molecule has 216 valence electrons. The molecule has 3 aromatic rings. The number of morpholine rings is 1. The van der Waals surface area contributed by atoms with Crippen LogP contribution in [0.4, 0.5) is 21.4 Å². The van der Waals surface area contributed by atoms with Crippen LogP contribution in [-0.4, -0.2) is 79.1 Å². The van der Waals surface area contributed by atoms with Gasteiger partial charge >= 0.3 is 12.1 Å². The van der Waals surface area contributed by atoms with Crippen LogP contribution in [0.5, 0.6) is 0 Å². The zero-order chi connectivity index (χ0) is 28.7.